The Bertz CT molecular complexity index is 491. The molecule has 0 spiro atoms. The topological polar surface area (TPSA) is 49.4 Å². The molecule has 0 aliphatic heterocycles. The Morgan fingerprint density at radius 2 is 2.19 bits per heavy atom. The number of benzene rings is 1. The molecule has 1 heterocycles. The molecule has 0 unspecified atom stereocenters. The normalized spacial score (nSPS) is 10.9. The van der Waals surface area contributed by atoms with E-state index in [2.05, 4.69) is 23.8 Å². The van der Waals surface area contributed by atoms with E-state index in [1.807, 2.05) is 12.1 Å². The first-order valence-corrected chi connectivity index (χ1v) is 5.28. The second-order valence-electron chi connectivity index (χ2n) is 3.61. The highest BCUT2D eigenvalue weighted by atomic mass is 16.6. The molecular weight excluding hydrogens is 204 g/mol. The lowest BCUT2D eigenvalue weighted by atomic mass is 10.2. The van der Waals surface area contributed by atoms with Crippen molar-refractivity contribution in [3.8, 4) is 5.75 Å². The van der Waals surface area contributed by atoms with Gasteiger partial charge in [0.05, 0.1) is 19.2 Å². The van der Waals surface area contributed by atoms with Crippen molar-refractivity contribution in [2.75, 3.05) is 7.11 Å². The number of aryl methyl sites for hydroxylation is 1. The average molecular weight is 220 g/mol. The summed E-state index contributed by atoms with van der Waals surface area (Å²) >= 11 is 0. The highest BCUT2D eigenvalue weighted by molar-refractivity contribution is 5.89. The van der Waals surface area contributed by atoms with Gasteiger partial charge in [-0.15, -0.1) is 0 Å². The van der Waals surface area contributed by atoms with Crippen molar-refractivity contribution in [1.29, 1.82) is 0 Å². The lowest BCUT2D eigenvalue weighted by molar-refractivity contribution is 0.125. The Hall–Kier alpha value is -1.52. The van der Waals surface area contributed by atoms with Gasteiger partial charge in [0.25, 0.3) is 0 Å². The molecule has 0 radical (unpaired) electrons. The van der Waals surface area contributed by atoms with E-state index in [1.165, 1.54) is 0 Å². The second kappa shape index (κ2) is 4.55. The Balaban J connectivity index is 2.68. The van der Waals surface area contributed by atoms with Crippen LogP contribution in [-0.2, 0) is 18.0 Å². The molecule has 0 aliphatic rings. The molecular formula is C12H16N2O2. The van der Waals surface area contributed by atoms with Gasteiger partial charge in [0.1, 0.15) is 5.75 Å². The van der Waals surface area contributed by atoms with Gasteiger partial charge in [-0.05, 0) is 13.0 Å². The van der Waals surface area contributed by atoms with Crippen LogP contribution in [0.1, 0.15) is 12.5 Å². The quantitative estimate of drug-likeness (QED) is 0.802. The van der Waals surface area contributed by atoms with Gasteiger partial charge in [-0.1, -0.05) is 12.1 Å². The molecule has 4 heteroatoms. The Kier molecular flexibility index (Phi) is 3.12. The minimum Gasteiger partial charge on any atom is -0.495 e. The minimum atomic E-state index is 0.413. The lowest BCUT2D eigenvalue weighted by Crippen LogP contribution is -1.98. The molecule has 2 rings (SSSR count). The fourth-order valence-corrected chi connectivity index (χ4v) is 2.02. The number of hydrogen-bond acceptors (Lipinski definition) is 3. The minimum absolute atomic E-state index is 0.413. The molecule has 0 fully saturated rings. The molecule has 0 atom stereocenters. The number of hydrogen-bond donors (Lipinski definition) is 1. The van der Waals surface area contributed by atoms with Crippen LogP contribution in [0.3, 0.4) is 0 Å². The summed E-state index contributed by atoms with van der Waals surface area (Å²) in [5.41, 5.74) is 2.18. The van der Waals surface area contributed by atoms with Gasteiger partial charge in [0.15, 0.2) is 0 Å². The van der Waals surface area contributed by atoms with Crippen molar-refractivity contribution in [1.82, 2.24) is 4.57 Å². The predicted octanol–water partition coefficient (Wildman–Crippen LogP) is 2.06. The summed E-state index contributed by atoms with van der Waals surface area (Å²) in [5, 5.41) is 1.13. The summed E-state index contributed by atoms with van der Waals surface area (Å²) in [6, 6.07) is 5.99. The van der Waals surface area contributed by atoms with Crippen LogP contribution < -0.4 is 10.6 Å². The first kappa shape index (κ1) is 11.0. The Morgan fingerprint density at radius 3 is 2.81 bits per heavy atom. The third-order valence-corrected chi connectivity index (χ3v) is 2.74. The molecule has 1 aromatic carbocycles. The smallest absolute Gasteiger partial charge is 0.143 e. The summed E-state index contributed by atoms with van der Waals surface area (Å²) in [6.07, 6.45) is 2.06. The summed E-state index contributed by atoms with van der Waals surface area (Å²) in [4.78, 5) is 4.71. The van der Waals surface area contributed by atoms with Crippen molar-refractivity contribution in [3.05, 3.63) is 30.0 Å². The van der Waals surface area contributed by atoms with Crippen LogP contribution in [0.25, 0.3) is 10.9 Å². The van der Waals surface area contributed by atoms with Gasteiger partial charge in [-0.2, -0.15) is 0 Å². The van der Waals surface area contributed by atoms with Crippen molar-refractivity contribution in [3.63, 3.8) is 0 Å². The number of nitrogens with zero attached hydrogens (tertiary/aromatic N) is 1. The highest BCUT2D eigenvalue weighted by Crippen LogP contribution is 2.29. The zero-order valence-corrected chi connectivity index (χ0v) is 9.56. The molecule has 0 aliphatic carbocycles. The molecule has 16 heavy (non-hydrogen) atoms. The Morgan fingerprint density at radius 1 is 1.38 bits per heavy atom. The largest absolute Gasteiger partial charge is 0.495 e. The molecule has 86 valence electrons. The average Bonchev–Trinajstić information content (AvgIpc) is 2.68. The van der Waals surface area contributed by atoms with Crippen LogP contribution in [0.5, 0.6) is 5.75 Å². The SMILES string of the molecule is CCn1cc(CON)c2cccc(OC)c21. The summed E-state index contributed by atoms with van der Waals surface area (Å²) in [5.74, 6) is 6.01. The van der Waals surface area contributed by atoms with Crippen LogP contribution in [0.2, 0.25) is 0 Å². The molecule has 0 saturated heterocycles. The highest BCUT2D eigenvalue weighted by Gasteiger charge is 2.11. The van der Waals surface area contributed by atoms with Crippen molar-refractivity contribution in [2.45, 2.75) is 20.1 Å². The number of methoxy groups -OCH3 is 1. The van der Waals surface area contributed by atoms with Gasteiger partial charge < -0.3 is 9.30 Å². The third-order valence-electron chi connectivity index (χ3n) is 2.74. The first-order valence-electron chi connectivity index (χ1n) is 5.28. The lowest BCUT2D eigenvalue weighted by Gasteiger charge is -2.06. The molecule has 0 amide bonds. The maximum absolute atomic E-state index is 5.37. The maximum atomic E-state index is 5.37. The molecule has 4 nitrogen and oxygen atoms in total. The molecule has 2 aromatic rings. The summed E-state index contributed by atoms with van der Waals surface area (Å²) in [6.45, 7) is 3.40. The second-order valence-corrected chi connectivity index (χ2v) is 3.61. The Labute approximate surface area is 94.5 Å². The molecule has 0 bridgehead atoms. The van der Waals surface area contributed by atoms with Gasteiger partial charge in [-0.25, -0.2) is 5.90 Å². The summed E-state index contributed by atoms with van der Waals surface area (Å²) < 4.78 is 7.51. The van der Waals surface area contributed by atoms with E-state index in [0.29, 0.717) is 6.61 Å². The van der Waals surface area contributed by atoms with E-state index in [1.54, 1.807) is 7.11 Å². The van der Waals surface area contributed by atoms with Crippen LogP contribution in [0.4, 0.5) is 0 Å². The van der Waals surface area contributed by atoms with E-state index < -0.39 is 0 Å². The fraction of sp³-hybridized carbons (Fsp3) is 0.333. The van der Waals surface area contributed by atoms with E-state index in [-0.39, 0.29) is 0 Å². The van der Waals surface area contributed by atoms with E-state index >= 15 is 0 Å². The van der Waals surface area contributed by atoms with Gasteiger partial charge in [0.2, 0.25) is 0 Å². The van der Waals surface area contributed by atoms with E-state index in [4.69, 9.17) is 15.5 Å². The maximum Gasteiger partial charge on any atom is 0.143 e. The van der Waals surface area contributed by atoms with E-state index in [0.717, 1.165) is 28.8 Å². The number of nitrogens with two attached hydrogens (primary N) is 1. The number of para-hydroxylation sites is 1. The van der Waals surface area contributed by atoms with Crippen molar-refractivity contribution < 1.29 is 9.57 Å². The van der Waals surface area contributed by atoms with Gasteiger partial charge >= 0.3 is 0 Å². The van der Waals surface area contributed by atoms with Crippen LogP contribution in [-0.4, -0.2) is 11.7 Å². The zero-order valence-electron chi connectivity index (χ0n) is 9.56. The predicted molar refractivity (Wildman–Crippen MR) is 63.1 cm³/mol. The third kappa shape index (κ3) is 1.66. The van der Waals surface area contributed by atoms with Crippen molar-refractivity contribution >= 4 is 10.9 Å². The standard InChI is InChI=1S/C12H16N2O2/c1-3-14-7-9(8-16-13)10-5-4-6-11(15-2)12(10)14/h4-7H,3,8,13H2,1-2H3. The number of fused-ring (bicyclic) bond motifs is 1. The van der Waals surface area contributed by atoms with Gasteiger partial charge in [0, 0.05) is 23.7 Å². The number of aromatic nitrogens is 1. The number of ether oxygens (including phenoxy) is 1. The molecule has 2 N–H and O–H groups in total. The first-order chi connectivity index (χ1) is 7.81. The van der Waals surface area contributed by atoms with Crippen LogP contribution >= 0.6 is 0 Å². The summed E-state index contributed by atoms with van der Waals surface area (Å²) in [7, 11) is 1.68. The van der Waals surface area contributed by atoms with Crippen LogP contribution in [0.15, 0.2) is 24.4 Å². The number of rotatable bonds is 4. The fourth-order valence-electron chi connectivity index (χ4n) is 2.02. The molecule has 0 saturated carbocycles. The van der Waals surface area contributed by atoms with E-state index in [9.17, 15) is 0 Å². The van der Waals surface area contributed by atoms with Gasteiger partial charge in [-0.3, -0.25) is 4.84 Å². The monoisotopic (exact) mass is 220 g/mol. The van der Waals surface area contributed by atoms with Crippen LogP contribution in [0, 0.1) is 0 Å². The zero-order chi connectivity index (χ0) is 11.5. The van der Waals surface area contributed by atoms with Crippen molar-refractivity contribution in [2.24, 2.45) is 5.90 Å². The molecule has 1 aromatic heterocycles.